The number of ether oxygens (including phenoxy) is 1. The van der Waals surface area contributed by atoms with Gasteiger partial charge in [0, 0.05) is 0 Å². The van der Waals surface area contributed by atoms with Crippen LogP contribution in [0, 0.1) is 5.92 Å². The first kappa shape index (κ1) is 18.9. The average Bonchev–Trinajstić information content (AvgIpc) is 2.40. The van der Waals surface area contributed by atoms with Gasteiger partial charge in [-0.05, 0) is 18.8 Å². The van der Waals surface area contributed by atoms with Gasteiger partial charge in [-0.1, -0.05) is 46.5 Å². The number of nitrogens with one attached hydrogen (secondary N) is 1. The summed E-state index contributed by atoms with van der Waals surface area (Å²) in [4.78, 5) is 23.5. The Morgan fingerprint density at radius 3 is 2.35 bits per heavy atom. The van der Waals surface area contributed by atoms with Crippen molar-refractivity contribution in [2.75, 3.05) is 7.11 Å². The number of hydrogen-bond donors (Lipinski definition) is 2. The van der Waals surface area contributed by atoms with Gasteiger partial charge in [0.25, 0.3) is 0 Å². The molecule has 0 aromatic carbocycles. The van der Waals surface area contributed by atoms with Crippen molar-refractivity contribution in [2.45, 2.75) is 71.4 Å². The zero-order valence-electron chi connectivity index (χ0n) is 13.1. The van der Waals surface area contributed by atoms with Crippen LogP contribution in [-0.4, -0.2) is 36.2 Å². The lowest BCUT2D eigenvalue weighted by Gasteiger charge is -2.19. The first-order chi connectivity index (χ1) is 9.42. The van der Waals surface area contributed by atoms with Crippen LogP contribution < -0.4 is 5.32 Å². The Balaban J connectivity index is 4.33. The van der Waals surface area contributed by atoms with Gasteiger partial charge in [-0.2, -0.15) is 0 Å². The number of carbonyl (C=O) groups is 2. The van der Waals surface area contributed by atoms with Crippen molar-refractivity contribution < 1.29 is 19.4 Å². The molecule has 0 spiro atoms. The van der Waals surface area contributed by atoms with Gasteiger partial charge in [0.05, 0.1) is 7.11 Å². The number of aliphatic hydroxyl groups excluding tert-OH is 1. The van der Waals surface area contributed by atoms with E-state index < -0.39 is 24.0 Å². The van der Waals surface area contributed by atoms with Gasteiger partial charge in [-0.15, -0.1) is 0 Å². The maximum absolute atomic E-state index is 11.8. The Morgan fingerprint density at radius 2 is 1.85 bits per heavy atom. The van der Waals surface area contributed by atoms with E-state index in [0.717, 1.165) is 25.7 Å². The SMILES string of the molecule is CCCCCC[C@H](NC(=O)[C@@H](O)CC(C)C)C(=O)OC. The lowest BCUT2D eigenvalue weighted by atomic mass is 10.0. The summed E-state index contributed by atoms with van der Waals surface area (Å²) in [6.45, 7) is 5.97. The summed E-state index contributed by atoms with van der Waals surface area (Å²) in [7, 11) is 1.30. The molecule has 20 heavy (non-hydrogen) atoms. The number of hydrogen-bond acceptors (Lipinski definition) is 4. The lowest BCUT2D eigenvalue weighted by Crippen LogP contribution is -2.46. The fourth-order valence-corrected chi connectivity index (χ4v) is 1.99. The maximum atomic E-state index is 11.8. The first-order valence-corrected chi connectivity index (χ1v) is 7.48. The van der Waals surface area contributed by atoms with Gasteiger partial charge in [0.15, 0.2) is 0 Å². The van der Waals surface area contributed by atoms with E-state index in [-0.39, 0.29) is 5.92 Å². The molecule has 1 amide bonds. The summed E-state index contributed by atoms with van der Waals surface area (Å²) in [5, 5.41) is 12.3. The maximum Gasteiger partial charge on any atom is 0.328 e. The zero-order chi connectivity index (χ0) is 15.5. The lowest BCUT2D eigenvalue weighted by molar-refractivity contribution is -0.146. The third-order valence-electron chi connectivity index (χ3n) is 3.15. The van der Waals surface area contributed by atoms with Crippen LogP contribution in [0.2, 0.25) is 0 Å². The van der Waals surface area contributed by atoms with Crippen molar-refractivity contribution in [3.63, 3.8) is 0 Å². The van der Waals surface area contributed by atoms with Gasteiger partial charge in [-0.3, -0.25) is 4.79 Å². The van der Waals surface area contributed by atoms with E-state index in [4.69, 9.17) is 4.74 Å². The van der Waals surface area contributed by atoms with E-state index in [2.05, 4.69) is 12.2 Å². The summed E-state index contributed by atoms with van der Waals surface area (Å²) in [5.74, 6) is -0.729. The van der Waals surface area contributed by atoms with Crippen molar-refractivity contribution >= 4 is 11.9 Å². The summed E-state index contributed by atoms with van der Waals surface area (Å²) in [6.07, 6.45) is 3.96. The largest absolute Gasteiger partial charge is 0.467 e. The van der Waals surface area contributed by atoms with Crippen molar-refractivity contribution in [3.8, 4) is 0 Å². The molecule has 5 heteroatoms. The van der Waals surface area contributed by atoms with Crippen molar-refractivity contribution in [3.05, 3.63) is 0 Å². The minimum Gasteiger partial charge on any atom is -0.467 e. The van der Waals surface area contributed by atoms with Crippen LogP contribution in [-0.2, 0) is 14.3 Å². The minimum absolute atomic E-state index is 0.219. The van der Waals surface area contributed by atoms with Gasteiger partial charge in [0.2, 0.25) is 5.91 Å². The van der Waals surface area contributed by atoms with Gasteiger partial charge >= 0.3 is 5.97 Å². The first-order valence-electron chi connectivity index (χ1n) is 7.48. The second-order valence-electron chi connectivity index (χ2n) is 5.58. The standard InChI is InChI=1S/C15H29NO4/c1-5-6-7-8-9-12(15(19)20-4)16-14(18)13(17)10-11(2)3/h11-13,17H,5-10H2,1-4H3,(H,16,18)/t12-,13-/m0/s1. The molecule has 5 nitrogen and oxygen atoms in total. The van der Waals surface area contributed by atoms with E-state index in [1.54, 1.807) is 0 Å². The molecule has 0 aromatic rings. The zero-order valence-corrected chi connectivity index (χ0v) is 13.1. The topological polar surface area (TPSA) is 75.6 Å². The molecule has 0 aliphatic rings. The number of aliphatic hydroxyl groups is 1. The van der Waals surface area contributed by atoms with Crippen LogP contribution in [0.15, 0.2) is 0 Å². The van der Waals surface area contributed by atoms with Crippen molar-refractivity contribution in [1.82, 2.24) is 5.32 Å². The Kier molecular flexibility index (Phi) is 10.1. The summed E-state index contributed by atoms with van der Waals surface area (Å²) >= 11 is 0. The number of unbranched alkanes of at least 4 members (excludes halogenated alkanes) is 3. The highest BCUT2D eigenvalue weighted by atomic mass is 16.5. The molecule has 0 rings (SSSR count). The second kappa shape index (κ2) is 10.7. The summed E-state index contributed by atoms with van der Waals surface area (Å²) in [6, 6.07) is -0.661. The smallest absolute Gasteiger partial charge is 0.328 e. The molecule has 0 saturated carbocycles. The third-order valence-corrected chi connectivity index (χ3v) is 3.15. The number of methoxy groups -OCH3 is 1. The Morgan fingerprint density at radius 1 is 1.20 bits per heavy atom. The molecule has 0 radical (unpaired) electrons. The van der Waals surface area contributed by atoms with Crippen LogP contribution in [0.4, 0.5) is 0 Å². The third kappa shape index (κ3) is 8.15. The number of esters is 1. The summed E-state index contributed by atoms with van der Waals surface area (Å²) < 4.78 is 4.70. The fraction of sp³-hybridized carbons (Fsp3) is 0.867. The molecule has 2 N–H and O–H groups in total. The second-order valence-corrected chi connectivity index (χ2v) is 5.58. The molecule has 0 aromatic heterocycles. The predicted molar refractivity (Wildman–Crippen MR) is 78.2 cm³/mol. The molecule has 118 valence electrons. The Hall–Kier alpha value is -1.10. The minimum atomic E-state index is -1.07. The van der Waals surface area contributed by atoms with Gasteiger partial charge < -0.3 is 15.2 Å². The highest BCUT2D eigenvalue weighted by molar-refractivity contribution is 5.86. The van der Waals surface area contributed by atoms with E-state index in [1.807, 2.05) is 13.8 Å². The molecular formula is C15H29NO4. The van der Waals surface area contributed by atoms with Gasteiger partial charge in [-0.25, -0.2) is 4.79 Å². The normalized spacial score (nSPS) is 13.9. The Bertz CT molecular complexity index is 292. The quantitative estimate of drug-likeness (QED) is 0.476. The number of carbonyl (C=O) groups excluding carboxylic acids is 2. The number of rotatable bonds is 10. The molecule has 0 heterocycles. The van der Waals surface area contributed by atoms with Crippen LogP contribution in [0.25, 0.3) is 0 Å². The van der Waals surface area contributed by atoms with Gasteiger partial charge in [0.1, 0.15) is 12.1 Å². The highest BCUT2D eigenvalue weighted by Crippen LogP contribution is 2.09. The molecule has 2 atom stereocenters. The molecule has 0 bridgehead atoms. The highest BCUT2D eigenvalue weighted by Gasteiger charge is 2.24. The van der Waals surface area contributed by atoms with Crippen LogP contribution in [0.5, 0.6) is 0 Å². The molecular weight excluding hydrogens is 258 g/mol. The number of amides is 1. The average molecular weight is 287 g/mol. The predicted octanol–water partition coefficient (Wildman–Crippen LogP) is 2.02. The van der Waals surface area contributed by atoms with E-state index in [9.17, 15) is 14.7 Å². The summed E-state index contributed by atoms with van der Waals surface area (Å²) in [5.41, 5.74) is 0. The van der Waals surface area contributed by atoms with E-state index in [1.165, 1.54) is 7.11 Å². The molecule has 0 unspecified atom stereocenters. The van der Waals surface area contributed by atoms with Crippen LogP contribution in [0.1, 0.15) is 59.3 Å². The molecule has 0 aliphatic carbocycles. The van der Waals surface area contributed by atoms with Crippen molar-refractivity contribution in [2.24, 2.45) is 5.92 Å². The van der Waals surface area contributed by atoms with E-state index in [0.29, 0.717) is 12.8 Å². The van der Waals surface area contributed by atoms with Crippen LogP contribution >= 0.6 is 0 Å². The molecule has 0 saturated heterocycles. The van der Waals surface area contributed by atoms with Crippen LogP contribution in [0.3, 0.4) is 0 Å². The molecule has 0 aliphatic heterocycles. The van der Waals surface area contributed by atoms with E-state index >= 15 is 0 Å². The van der Waals surface area contributed by atoms with Crippen molar-refractivity contribution in [1.29, 1.82) is 0 Å². The Labute approximate surface area is 122 Å². The fourth-order valence-electron chi connectivity index (χ4n) is 1.99. The molecule has 0 fully saturated rings. The monoisotopic (exact) mass is 287 g/mol.